The van der Waals surface area contributed by atoms with Crippen LogP contribution in [0.1, 0.15) is 12.5 Å². The van der Waals surface area contributed by atoms with Gasteiger partial charge in [-0.1, -0.05) is 31.2 Å². The summed E-state index contributed by atoms with van der Waals surface area (Å²) in [4.78, 5) is 2.58. The molecule has 4 nitrogen and oxygen atoms in total. The van der Waals surface area contributed by atoms with Gasteiger partial charge in [0.2, 0.25) is 5.88 Å². The number of halogens is 1. The van der Waals surface area contributed by atoms with Gasteiger partial charge < -0.3 is 10.1 Å². The number of aromatic nitrogens is 1. The molecule has 5 heteroatoms. The summed E-state index contributed by atoms with van der Waals surface area (Å²) >= 11 is 0. The minimum absolute atomic E-state index is 0.191. The molecule has 0 radical (unpaired) electrons. The lowest BCUT2D eigenvalue weighted by molar-refractivity contribution is 0.459. The SMILES string of the molecule is CCc1ccc(N=Nc2c(O)[nH]c3c(F)cccc23)cc1. The number of aromatic amines is 1. The molecule has 106 valence electrons. The topological polar surface area (TPSA) is 60.7 Å². The Balaban J connectivity index is 1.99. The van der Waals surface area contributed by atoms with Gasteiger partial charge in [0.25, 0.3) is 0 Å². The molecule has 0 aliphatic rings. The summed E-state index contributed by atoms with van der Waals surface area (Å²) in [6, 6.07) is 12.2. The number of para-hydroxylation sites is 1. The van der Waals surface area contributed by atoms with Gasteiger partial charge in [-0.05, 0) is 30.2 Å². The number of aryl methyl sites for hydroxylation is 1. The second-order valence-corrected chi connectivity index (χ2v) is 4.70. The van der Waals surface area contributed by atoms with E-state index in [0.717, 1.165) is 6.42 Å². The lowest BCUT2D eigenvalue weighted by atomic mass is 10.2. The van der Waals surface area contributed by atoms with Gasteiger partial charge in [0.05, 0.1) is 11.2 Å². The van der Waals surface area contributed by atoms with E-state index in [4.69, 9.17) is 0 Å². The van der Waals surface area contributed by atoms with Crippen LogP contribution in [0.5, 0.6) is 5.88 Å². The molecule has 1 heterocycles. The highest BCUT2D eigenvalue weighted by Crippen LogP contribution is 2.37. The molecular formula is C16H14FN3O. The van der Waals surface area contributed by atoms with E-state index in [1.54, 1.807) is 12.1 Å². The summed E-state index contributed by atoms with van der Waals surface area (Å²) < 4.78 is 13.6. The number of nitrogens with one attached hydrogen (secondary N) is 1. The first-order valence-electron chi connectivity index (χ1n) is 6.69. The van der Waals surface area contributed by atoms with E-state index >= 15 is 0 Å². The van der Waals surface area contributed by atoms with Gasteiger partial charge in [-0.2, -0.15) is 5.11 Å². The largest absolute Gasteiger partial charge is 0.493 e. The van der Waals surface area contributed by atoms with Crippen LogP contribution >= 0.6 is 0 Å². The van der Waals surface area contributed by atoms with Crippen molar-refractivity contribution in [1.29, 1.82) is 0 Å². The summed E-state index contributed by atoms with van der Waals surface area (Å²) in [5, 5.41) is 18.5. The van der Waals surface area contributed by atoms with Crippen LogP contribution in [0.2, 0.25) is 0 Å². The Kier molecular flexibility index (Phi) is 3.39. The molecule has 0 amide bonds. The van der Waals surface area contributed by atoms with Crippen LogP contribution in [0, 0.1) is 5.82 Å². The maximum atomic E-state index is 13.6. The number of hydrogen-bond acceptors (Lipinski definition) is 3. The number of hydrogen-bond donors (Lipinski definition) is 2. The molecular weight excluding hydrogens is 269 g/mol. The van der Waals surface area contributed by atoms with Crippen molar-refractivity contribution in [2.24, 2.45) is 10.2 Å². The fourth-order valence-electron chi connectivity index (χ4n) is 2.16. The standard InChI is InChI=1S/C16H14FN3O/c1-2-10-6-8-11(9-7-10)19-20-15-12-4-3-5-13(17)14(12)18-16(15)21/h3-9,18,21H,2H2,1H3. The Bertz CT molecular complexity index is 806. The second kappa shape index (κ2) is 5.36. The van der Waals surface area contributed by atoms with Crippen molar-refractivity contribution in [3.8, 4) is 5.88 Å². The van der Waals surface area contributed by atoms with Crippen LogP contribution in [0.15, 0.2) is 52.7 Å². The predicted molar refractivity (Wildman–Crippen MR) is 79.9 cm³/mol. The fraction of sp³-hybridized carbons (Fsp3) is 0.125. The third kappa shape index (κ3) is 2.50. The van der Waals surface area contributed by atoms with Crippen molar-refractivity contribution in [1.82, 2.24) is 4.98 Å². The van der Waals surface area contributed by atoms with Crippen molar-refractivity contribution in [3.63, 3.8) is 0 Å². The highest BCUT2D eigenvalue weighted by molar-refractivity contribution is 5.94. The first-order valence-corrected chi connectivity index (χ1v) is 6.69. The number of nitrogens with zero attached hydrogens (tertiary/aromatic N) is 2. The Labute approximate surface area is 121 Å². The number of benzene rings is 2. The molecule has 2 aromatic carbocycles. The van der Waals surface area contributed by atoms with Gasteiger partial charge in [0.15, 0.2) is 5.69 Å². The molecule has 0 saturated carbocycles. The predicted octanol–water partition coefficient (Wildman–Crippen LogP) is 4.99. The average Bonchev–Trinajstić information content (AvgIpc) is 2.83. The van der Waals surface area contributed by atoms with E-state index in [-0.39, 0.29) is 17.1 Å². The molecule has 0 bridgehead atoms. The number of azo groups is 1. The molecule has 0 aliphatic heterocycles. The molecule has 0 atom stereocenters. The molecule has 0 saturated heterocycles. The summed E-state index contributed by atoms with van der Waals surface area (Å²) in [5.74, 6) is -0.624. The number of rotatable bonds is 3. The van der Waals surface area contributed by atoms with E-state index in [0.29, 0.717) is 11.1 Å². The van der Waals surface area contributed by atoms with Gasteiger partial charge >= 0.3 is 0 Å². The Morgan fingerprint density at radius 1 is 1.10 bits per heavy atom. The Morgan fingerprint density at radius 2 is 1.86 bits per heavy atom. The smallest absolute Gasteiger partial charge is 0.218 e. The lowest BCUT2D eigenvalue weighted by Crippen LogP contribution is -1.76. The monoisotopic (exact) mass is 283 g/mol. The van der Waals surface area contributed by atoms with Crippen molar-refractivity contribution in [3.05, 3.63) is 53.8 Å². The van der Waals surface area contributed by atoms with Crippen molar-refractivity contribution in [2.45, 2.75) is 13.3 Å². The highest BCUT2D eigenvalue weighted by atomic mass is 19.1. The van der Waals surface area contributed by atoms with Crippen LogP contribution in [-0.2, 0) is 6.42 Å². The normalized spacial score (nSPS) is 11.5. The molecule has 2 N–H and O–H groups in total. The van der Waals surface area contributed by atoms with Crippen LogP contribution < -0.4 is 0 Å². The lowest BCUT2D eigenvalue weighted by Gasteiger charge is -1.96. The molecule has 0 fully saturated rings. The van der Waals surface area contributed by atoms with E-state index < -0.39 is 5.82 Å². The fourth-order valence-corrected chi connectivity index (χ4v) is 2.16. The van der Waals surface area contributed by atoms with Crippen LogP contribution in [0.3, 0.4) is 0 Å². The van der Waals surface area contributed by atoms with Crippen LogP contribution in [0.4, 0.5) is 15.8 Å². The Hall–Kier alpha value is -2.69. The summed E-state index contributed by atoms with van der Waals surface area (Å²) in [6.07, 6.45) is 0.958. The zero-order chi connectivity index (χ0) is 14.8. The van der Waals surface area contributed by atoms with E-state index in [2.05, 4.69) is 22.1 Å². The molecule has 3 rings (SSSR count). The number of aromatic hydroxyl groups is 1. The van der Waals surface area contributed by atoms with Gasteiger partial charge in [-0.25, -0.2) is 4.39 Å². The van der Waals surface area contributed by atoms with E-state index in [1.165, 1.54) is 11.6 Å². The van der Waals surface area contributed by atoms with Gasteiger partial charge in [0.1, 0.15) is 5.82 Å². The quantitative estimate of drug-likeness (QED) is 0.653. The Morgan fingerprint density at radius 3 is 2.57 bits per heavy atom. The average molecular weight is 283 g/mol. The zero-order valence-electron chi connectivity index (χ0n) is 11.5. The summed E-state index contributed by atoms with van der Waals surface area (Å²) in [7, 11) is 0. The summed E-state index contributed by atoms with van der Waals surface area (Å²) in [5.41, 5.74) is 2.36. The minimum atomic E-state index is -0.434. The van der Waals surface area contributed by atoms with Crippen LogP contribution in [-0.4, -0.2) is 10.1 Å². The third-order valence-electron chi connectivity index (χ3n) is 3.35. The zero-order valence-corrected chi connectivity index (χ0v) is 11.5. The molecule has 0 spiro atoms. The minimum Gasteiger partial charge on any atom is -0.493 e. The number of fused-ring (bicyclic) bond motifs is 1. The van der Waals surface area contributed by atoms with Gasteiger partial charge in [-0.15, -0.1) is 5.11 Å². The second-order valence-electron chi connectivity index (χ2n) is 4.70. The maximum Gasteiger partial charge on any atom is 0.218 e. The first-order chi connectivity index (χ1) is 10.2. The number of H-pyrrole nitrogens is 1. The highest BCUT2D eigenvalue weighted by Gasteiger charge is 2.12. The van der Waals surface area contributed by atoms with Crippen LogP contribution in [0.25, 0.3) is 10.9 Å². The summed E-state index contributed by atoms with van der Waals surface area (Å²) in [6.45, 7) is 2.08. The third-order valence-corrected chi connectivity index (χ3v) is 3.35. The van der Waals surface area contributed by atoms with Gasteiger partial charge in [0, 0.05) is 5.39 Å². The van der Waals surface area contributed by atoms with Crippen molar-refractivity contribution in [2.75, 3.05) is 0 Å². The van der Waals surface area contributed by atoms with Crippen molar-refractivity contribution < 1.29 is 9.50 Å². The van der Waals surface area contributed by atoms with Gasteiger partial charge in [-0.3, -0.25) is 0 Å². The molecule has 0 aliphatic carbocycles. The van der Waals surface area contributed by atoms with Crippen molar-refractivity contribution >= 4 is 22.3 Å². The molecule has 21 heavy (non-hydrogen) atoms. The maximum absolute atomic E-state index is 13.6. The molecule has 3 aromatic rings. The molecule has 0 unspecified atom stereocenters. The first kappa shape index (κ1) is 13.3. The van der Waals surface area contributed by atoms with E-state index in [9.17, 15) is 9.50 Å². The van der Waals surface area contributed by atoms with E-state index in [1.807, 2.05) is 24.3 Å². The molecule has 1 aromatic heterocycles.